The Kier molecular flexibility index (Phi) is 4.85. The molecule has 4 heteroatoms. The average molecular weight is 294 g/mol. The summed E-state index contributed by atoms with van der Waals surface area (Å²) < 4.78 is 5.51. The molecule has 0 aromatic rings. The Balaban J connectivity index is 1.71. The second-order valence-electron chi connectivity index (χ2n) is 7.23. The van der Waals surface area contributed by atoms with E-state index in [0.29, 0.717) is 17.9 Å². The van der Waals surface area contributed by atoms with Crippen molar-refractivity contribution in [1.82, 2.24) is 10.2 Å². The Hall–Kier alpha value is -0.610. The number of piperidine rings is 1. The molecule has 1 aliphatic carbocycles. The summed E-state index contributed by atoms with van der Waals surface area (Å²) in [6.07, 6.45) is 7.86. The molecule has 0 bridgehead atoms. The molecular weight excluding hydrogens is 264 g/mol. The van der Waals surface area contributed by atoms with Crippen LogP contribution in [0.5, 0.6) is 0 Å². The molecule has 0 aromatic heterocycles. The third-order valence-electron chi connectivity index (χ3n) is 5.38. The van der Waals surface area contributed by atoms with Crippen LogP contribution in [0, 0.1) is 11.3 Å². The van der Waals surface area contributed by atoms with E-state index in [1.807, 2.05) is 0 Å². The summed E-state index contributed by atoms with van der Waals surface area (Å²) in [5.74, 6) is 0.996. The second kappa shape index (κ2) is 6.66. The van der Waals surface area contributed by atoms with E-state index in [9.17, 15) is 4.79 Å². The van der Waals surface area contributed by atoms with Crippen molar-refractivity contribution in [2.45, 2.75) is 57.9 Å². The van der Waals surface area contributed by atoms with Gasteiger partial charge in [-0.1, -0.05) is 13.3 Å². The van der Waals surface area contributed by atoms with Gasteiger partial charge in [0.2, 0.25) is 5.91 Å². The van der Waals surface area contributed by atoms with Crippen molar-refractivity contribution in [2.75, 3.05) is 32.8 Å². The molecule has 120 valence electrons. The molecule has 21 heavy (non-hydrogen) atoms. The summed E-state index contributed by atoms with van der Waals surface area (Å²) in [6, 6.07) is 0.522. The van der Waals surface area contributed by atoms with Crippen LogP contribution in [0.2, 0.25) is 0 Å². The van der Waals surface area contributed by atoms with Crippen molar-refractivity contribution >= 4 is 5.91 Å². The van der Waals surface area contributed by atoms with Gasteiger partial charge in [-0.3, -0.25) is 4.79 Å². The van der Waals surface area contributed by atoms with E-state index in [-0.39, 0.29) is 5.41 Å². The summed E-state index contributed by atoms with van der Waals surface area (Å²) in [4.78, 5) is 15.6. The van der Waals surface area contributed by atoms with Crippen LogP contribution in [-0.2, 0) is 9.53 Å². The molecule has 4 nitrogen and oxygen atoms in total. The Morgan fingerprint density at radius 1 is 1.38 bits per heavy atom. The molecule has 1 amide bonds. The molecule has 0 spiro atoms. The van der Waals surface area contributed by atoms with Crippen LogP contribution in [0.4, 0.5) is 0 Å². The van der Waals surface area contributed by atoms with Crippen LogP contribution >= 0.6 is 0 Å². The predicted molar refractivity (Wildman–Crippen MR) is 83.1 cm³/mol. The summed E-state index contributed by atoms with van der Waals surface area (Å²) in [7, 11) is 0. The summed E-state index contributed by atoms with van der Waals surface area (Å²) in [6.45, 7) is 6.79. The molecule has 0 aromatic carbocycles. The quantitative estimate of drug-likeness (QED) is 0.816. The van der Waals surface area contributed by atoms with Crippen LogP contribution in [0.1, 0.15) is 51.9 Å². The number of hydrogen-bond acceptors (Lipinski definition) is 3. The first-order chi connectivity index (χ1) is 10.2. The van der Waals surface area contributed by atoms with Crippen LogP contribution in [0.25, 0.3) is 0 Å². The average Bonchev–Trinajstić information content (AvgIpc) is 3.22. The Bertz CT molecular complexity index is 350. The first-order valence-electron chi connectivity index (χ1n) is 8.85. The summed E-state index contributed by atoms with van der Waals surface area (Å²) >= 11 is 0. The first-order valence-corrected chi connectivity index (χ1v) is 8.85. The van der Waals surface area contributed by atoms with Gasteiger partial charge in [0.05, 0.1) is 12.0 Å². The van der Waals surface area contributed by atoms with Gasteiger partial charge in [0.15, 0.2) is 0 Å². The van der Waals surface area contributed by atoms with Crippen molar-refractivity contribution in [2.24, 2.45) is 11.3 Å². The maximum Gasteiger partial charge on any atom is 0.230 e. The van der Waals surface area contributed by atoms with Gasteiger partial charge in [0, 0.05) is 31.7 Å². The zero-order valence-corrected chi connectivity index (χ0v) is 13.4. The number of hydrogen-bond donors (Lipinski definition) is 1. The van der Waals surface area contributed by atoms with E-state index in [4.69, 9.17) is 4.74 Å². The highest BCUT2D eigenvalue weighted by Gasteiger charge is 2.45. The van der Waals surface area contributed by atoms with Crippen molar-refractivity contribution in [3.05, 3.63) is 0 Å². The third-order valence-corrected chi connectivity index (χ3v) is 5.38. The van der Waals surface area contributed by atoms with E-state index in [1.165, 1.54) is 12.8 Å². The lowest BCUT2D eigenvalue weighted by atomic mass is 9.75. The van der Waals surface area contributed by atoms with Crippen molar-refractivity contribution in [1.29, 1.82) is 0 Å². The summed E-state index contributed by atoms with van der Waals surface area (Å²) in [5.41, 5.74) is -0.130. The van der Waals surface area contributed by atoms with Crippen molar-refractivity contribution in [3.8, 4) is 0 Å². The lowest BCUT2D eigenvalue weighted by molar-refractivity contribution is -0.145. The zero-order valence-electron chi connectivity index (χ0n) is 13.4. The Morgan fingerprint density at radius 3 is 2.81 bits per heavy atom. The van der Waals surface area contributed by atoms with Crippen molar-refractivity contribution < 1.29 is 9.53 Å². The van der Waals surface area contributed by atoms with Crippen LogP contribution in [-0.4, -0.2) is 49.7 Å². The van der Waals surface area contributed by atoms with E-state index in [0.717, 1.165) is 65.0 Å². The molecule has 0 radical (unpaired) electrons. The second-order valence-corrected chi connectivity index (χ2v) is 7.23. The van der Waals surface area contributed by atoms with E-state index in [2.05, 4.69) is 17.1 Å². The topological polar surface area (TPSA) is 41.6 Å². The van der Waals surface area contributed by atoms with E-state index in [1.54, 1.807) is 0 Å². The number of nitrogens with zero attached hydrogens (tertiary/aromatic N) is 1. The molecule has 2 aliphatic heterocycles. The minimum Gasteiger partial charge on any atom is -0.381 e. The van der Waals surface area contributed by atoms with Gasteiger partial charge < -0.3 is 15.0 Å². The van der Waals surface area contributed by atoms with Gasteiger partial charge in [-0.05, 0) is 45.1 Å². The number of ether oxygens (including phenoxy) is 1. The number of amides is 1. The largest absolute Gasteiger partial charge is 0.381 e. The van der Waals surface area contributed by atoms with Gasteiger partial charge in [-0.2, -0.15) is 0 Å². The lowest BCUT2D eigenvalue weighted by Gasteiger charge is -2.41. The normalized spacial score (nSPS) is 33.1. The maximum absolute atomic E-state index is 13.3. The van der Waals surface area contributed by atoms with Crippen LogP contribution < -0.4 is 5.32 Å². The number of rotatable bonds is 6. The highest BCUT2D eigenvalue weighted by Crippen LogP contribution is 2.38. The molecule has 2 unspecified atom stereocenters. The standard InChI is InChI=1S/C17H30N2O2/c1-2-7-17(8-3-9-18-13-17)16(20)19(15-4-5-15)11-14-6-10-21-12-14/h14-15,18H,2-13H2,1H3. The smallest absolute Gasteiger partial charge is 0.230 e. The molecule has 2 saturated heterocycles. The molecule has 3 fully saturated rings. The fraction of sp³-hybridized carbons (Fsp3) is 0.941. The zero-order chi connectivity index (χ0) is 14.7. The van der Waals surface area contributed by atoms with Crippen molar-refractivity contribution in [3.63, 3.8) is 0 Å². The van der Waals surface area contributed by atoms with Gasteiger partial charge in [0.25, 0.3) is 0 Å². The van der Waals surface area contributed by atoms with Gasteiger partial charge >= 0.3 is 0 Å². The summed E-state index contributed by atoms with van der Waals surface area (Å²) in [5, 5.41) is 3.48. The predicted octanol–water partition coefficient (Wildman–Crippen LogP) is 2.18. The fourth-order valence-electron chi connectivity index (χ4n) is 4.04. The van der Waals surface area contributed by atoms with Crippen LogP contribution in [0.15, 0.2) is 0 Å². The SMILES string of the molecule is CCCC1(C(=O)N(CC2CCOC2)C2CC2)CCCNC1. The molecule has 3 aliphatic rings. The van der Waals surface area contributed by atoms with Gasteiger partial charge in [-0.15, -0.1) is 0 Å². The number of carbonyl (C=O) groups is 1. The van der Waals surface area contributed by atoms with E-state index < -0.39 is 0 Å². The highest BCUT2D eigenvalue weighted by molar-refractivity contribution is 5.83. The first kappa shape index (κ1) is 15.3. The Labute approximate surface area is 128 Å². The highest BCUT2D eigenvalue weighted by atomic mass is 16.5. The van der Waals surface area contributed by atoms with E-state index >= 15 is 0 Å². The molecule has 2 atom stereocenters. The minimum absolute atomic E-state index is 0.130. The number of nitrogens with one attached hydrogen (secondary N) is 1. The minimum atomic E-state index is -0.130. The monoisotopic (exact) mass is 294 g/mol. The van der Waals surface area contributed by atoms with Gasteiger partial charge in [0.1, 0.15) is 0 Å². The number of carbonyl (C=O) groups excluding carboxylic acids is 1. The maximum atomic E-state index is 13.3. The van der Waals surface area contributed by atoms with Gasteiger partial charge in [-0.25, -0.2) is 0 Å². The molecule has 1 saturated carbocycles. The molecule has 3 rings (SSSR count). The lowest BCUT2D eigenvalue weighted by Crippen LogP contribution is -2.53. The Morgan fingerprint density at radius 2 is 2.24 bits per heavy atom. The molecule has 2 heterocycles. The van der Waals surface area contributed by atoms with Crippen LogP contribution in [0.3, 0.4) is 0 Å². The third kappa shape index (κ3) is 3.42. The molecular formula is C17H30N2O2. The fourth-order valence-corrected chi connectivity index (χ4v) is 4.04. The molecule has 1 N–H and O–H groups in total.